The summed E-state index contributed by atoms with van der Waals surface area (Å²) in [6.45, 7) is 5.45. The molecule has 5 heteroatoms. The highest BCUT2D eigenvalue weighted by atomic mass is 32.1. The smallest absolute Gasteiger partial charge is 0.349 e. The van der Waals surface area contributed by atoms with Crippen LogP contribution in [-0.4, -0.2) is 36.0 Å². The van der Waals surface area contributed by atoms with Crippen LogP contribution in [0.3, 0.4) is 0 Å². The number of nitrogens with zero attached hydrogens (tertiary/aromatic N) is 1. The second kappa shape index (κ2) is 7.68. The van der Waals surface area contributed by atoms with Crippen molar-refractivity contribution in [3.05, 3.63) is 21.4 Å². The number of aryl methyl sites for hydroxylation is 2. The molecule has 0 bridgehead atoms. The first-order valence-electron chi connectivity index (χ1n) is 9.17. The van der Waals surface area contributed by atoms with Crippen LogP contribution in [0.5, 0.6) is 0 Å². The molecule has 0 radical (unpaired) electrons. The minimum absolute atomic E-state index is 0.0140. The van der Waals surface area contributed by atoms with E-state index >= 15 is 0 Å². The molecule has 1 amide bonds. The Hall–Kier alpha value is -1.36. The standard InChI is InChI=1S/C19H27NO3S/c1-13(2)17(18(21)20-10-6-7-11-20)23-19(22)16-12-14-8-4-3-5-9-15(14)24-16/h12-13,17H,3-11H2,1-2H3/t17-/m1/s1. The fourth-order valence-corrected chi connectivity index (χ4v) is 4.67. The van der Waals surface area contributed by atoms with Crippen molar-refractivity contribution in [3.63, 3.8) is 0 Å². The van der Waals surface area contributed by atoms with Crippen LogP contribution >= 0.6 is 11.3 Å². The van der Waals surface area contributed by atoms with E-state index < -0.39 is 6.10 Å². The molecule has 1 saturated heterocycles. The van der Waals surface area contributed by atoms with Crippen molar-refractivity contribution in [1.82, 2.24) is 4.90 Å². The average Bonchev–Trinajstić information content (AvgIpc) is 3.18. The number of likely N-dealkylation sites (tertiary alicyclic amines) is 1. The molecular formula is C19H27NO3S. The SMILES string of the molecule is CC(C)[C@@H](OC(=O)c1cc2c(s1)CCCCC2)C(=O)N1CCCC1. The van der Waals surface area contributed by atoms with Gasteiger partial charge in [0, 0.05) is 18.0 Å². The third-order valence-electron chi connectivity index (χ3n) is 4.95. The maximum absolute atomic E-state index is 12.6. The van der Waals surface area contributed by atoms with Crippen LogP contribution in [0.15, 0.2) is 6.07 Å². The molecule has 2 aliphatic rings. The van der Waals surface area contributed by atoms with Crippen LogP contribution in [-0.2, 0) is 22.4 Å². The molecule has 0 aromatic carbocycles. The minimum atomic E-state index is -0.669. The molecule has 0 unspecified atom stereocenters. The molecule has 24 heavy (non-hydrogen) atoms. The minimum Gasteiger partial charge on any atom is -0.448 e. The molecule has 1 fully saturated rings. The van der Waals surface area contributed by atoms with Gasteiger partial charge in [0.2, 0.25) is 0 Å². The molecule has 4 nitrogen and oxygen atoms in total. The number of esters is 1. The molecule has 132 valence electrons. The van der Waals surface area contributed by atoms with Crippen molar-refractivity contribution < 1.29 is 14.3 Å². The highest BCUT2D eigenvalue weighted by molar-refractivity contribution is 7.14. The maximum Gasteiger partial charge on any atom is 0.349 e. The van der Waals surface area contributed by atoms with Crippen molar-refractivity contribution in [2.45, 2.75) is 64.9 Å². The van der Waals surface area contributed by atoms with E-state index in [1.807, 2.05) is 24.8 Å². The number of hydrogen-bond acceptors (Lipinski definition) is 4. The molecule has 0 saturated carbocycles. The Morgan fingerprint density at radius 2 is 1.79 bits per heavy atom. The van der Waals surface area contributed by atoms with Crippen molar-refractivity contribution in [3.8, 4) is 0 Å². The number of carbonyl (C=O) groups is 2. The summed E-state index contributed by atoms with van der Waals surface area (Å²) in [5, 5.41) is 0. The normalized spacial score (nSPS) is 19.0. The van der Waals surface area contributed by atoms with Gasteiger partial charge in [-0.15, -0.1) is 11.3 Å². The first-order valence-corrected chi connectivity index (χ1v) is 9.99. The molecule has 1 atom stereocenters. The van der Waals surface area contributed by atoms with Crippen LogP contribution in [0, 0.1) is 5.92 Å². The van der Waals surface area contributed by atoms with Crippen molar-refractivity contribution in [2.75, 3.05) is 13.1 Å². The summed E-state index contributed by atoms with van der Waals surface area (Å²) in [5.74, 6) is -0.381. The Morgan fingerprint density at radius 3 is 2.50 bits per heavy atom. The number of ether oxygens (including phenoxy) is 1. The first kappa shape index (κ1) is 17.5. The molecule has 3 rings (SSSR count). The van der Waals surface area contributed by atoms with Gasteiger partial charge in [-0.3, -0.25) is 4.79 Å². The van der Waals surface area contributed by atoms with E-state index in [1.165, 1.54) is 29.7 Å². The van der Waals surface area contributed by atoms with Gasteiger partial charge in [-0.2, -0.15) is 0 Å². The van der Waals surface area contributed by atoms with E-state index in [4.69, 9.17) is 4.74 Å². The molecule has 0 spiro atoms. The van der Waals surface area contributed by atoms with Gasteiger partial charge in [-0.1, -0.05) is 20.3 Å². The number of rotatable bonds is 4. The highest BCUT2D eigenvalue weighted by Gasteiger charge is 2.32. The highest BCUT2D eigenvalue weighted by Crippen LogP contribution is 2.30. The van der Waals surface area contributed by atoms with E-state index in [0.717, 1.165) is 38.8 Å². The van der Waals surface area contributed by atoms with E-state index in [0.29, 0.717) is 4.88 Å². The molecule has 1 aliphatic carbocycles. The average molecular weight is 349 g/mol. The van der Waals surface area contributed by atoms with Gasteiger partial charge in [0.15, 0.2) is 6.10 Å². The molecule has 0 N–H and O–H groups in total. The second-order valence-electron chi connectivity index (χ2n) is 7.22. The molecular weight excluding hydrogens is 322 g/mol. The van der Waals surface area contributed by atoms with Crippen LogP contribution in [0.4, 0.5) is 0 Å². The summed E-state index contributed by atoms with van der Waals surface area (Å²) in [6, 6.07) is 1.99. The molecule has 1 aromatic rings. The maximum atomic E-state index is 12.6. The fraction of sp³-hybridized carbons (Fsp3) is 0.684. The summed E-state index contributed by atoms with van der Waals surface area (Å²) in [6.07, 6.45) is 7.19. The third-order valence-corrected chi connectivity index (χ3v) is 6.17. The Bertz CT molecular complexity index is 578. The van der Waals surface area contributed by atoms with Crippen LogP contribution in [0.2, 0.25) is 0 Å². The fourth-order valence-electron chi connectivity index (χ4n) is 3.53. The summed E-state index contributed by atoms with van der Waals surface area (Å²) in [4.78, 5) is 29.1. The topological polar surface area (TPSA) is 46.6 Å². The van der Waals surface area contributed by atoms with E-state index in [1.54, 1.807) is 11.3 Å². The van der Waals surface area contributed by atoms with Crippen LogP contribution in [0.25, 0.3) is 0 Å². The largest absolute Gasteiger partial charge is 0.448 e. The number of carbonyl (C=O) groups excluding carboxylic acids is 2. The predicted molar refractivity (Wildman–Crippen MR) is 95.4 cm³/mol. The lowest BCUT2D eigenvalue weighted by atomic mass is 10.1. The molecule has 2 heterocycles. The van der Waals surface area contributed by atoms with Gasteiger partial charge in [-0.25, -0.2) is 4.79 Å². The number of amides is 1. The number of fused-ring (bicyclic) bond motifs is 1. The summed E-state index contributed by atoms with van der Waals surface area (Å²) in [7, 11) is 0. The first-order chi connectivity index (χ1) is 11.6. The Balaban J connectivity index is 1.70. The third kappa shape index (κ3) is 3.82. The van der Waals surface area contributed by atoms with Gasteiger partial charge in [-0.05, 0) is 56.1 Å². The van der Waals surface area contributed by atoms with E-state index in [9.17, 15) is 9.59 Å². The lowest BCUT2D eigenvalue weighted by Crippen LogP contribution is -2.42. The lowest BCUT2D eigenvalue weighted by molar-refractivity contribution is -0.141. The monoisotopic (exact) mass is 349 g/mol. The van der Waals surface area contributed by atoms with Gasteiger partial charge in [0.1, 0.15) is 4.88 Å². The summed E-state index contributed by atoms with van der Waals surface area (Å²) >= 11 is 1.55. The van der Waals surface area contributed by atoms with E-state index in [2.05, 4.69) is 0 Å². The molecule has 1 aromatic heterocycles. The van der Waals surface area contributed by atoms with Crippen LogP contribution in [0.1, 0.15) is 66.1 Å². The van der Waals surface area contributed by atoms with Gasteiger partial charge >= 0.3 is 5.97 Å². The van der Waals surface area contributed by atoms with Crippen molar-refractivity contribution >= 4 is 23.2 Å². The lowest BCUT2D eigenvalue weighted by Gasteiger charge is -2.25. The second-order valence-corrected chi connectivity index (χ2v) is 8.36. The van der Waals surface area contributed by atoms with Gasteiger partial charge < -0.3 is 9.64 Å². The Labute approximate surface area is 148 Å². The van der Waals surface area contributed by atoms with Gasteiger partial charge in [0.05, 0.1) is 0 Å². The predicted octanol–water partition coefficient (Wildman–Crippen LogP) is 3.82. The summed E-state index contributed by atoms with van der Waals surface area (Å²) < 4.78 is 5.66. The zero-order chi connectivity index (χ0) is 17.1. The van der Waals surface area contributed by atoms with Crippen LogP contribution < -0.4 is 0 Å². The van der Waals surface area contributed by atoms with Crippen molar-refractivity contribution in [1.29, 1.82) is 0 Å². The zero-order valence-electron chi connectivity index (χ0n) is 14.7. The number of hydrogen-bond donors (Lipinski definition) is 0. The van der Waals surface area contributed by atoms with Gasteiger partial charge in [0.25, 0.3) is 5.91 Å². The Kier molecular flexibility index (Phi) is 5.59. The molecule has 1 aliphatic heterocycles. The Morgan fingerprint density at radius 1 is 1.08 bits per heavy atom. The number of thiophene rings is 1. The summed E-state index contributed by atoms with van der Waals surface area (Å²) in [5.41, 5.74) is 1.30. The quantitative estimate of drug-likeness (QED) is 0.613. The van der Waals surface area contributed by atoms with E-state index in [-0.39, 0.29) is 17.8 Å². The zero-order valence-corrected chi connectivity index (χ0v) is 15.5. The van der Waals surface area contributed by atoms with Crippen molar-refractivity contribution in [2.24, 2.45) is 5.92 Å².